The van der Waals surface area contributed by atoms with E-state index < -0.39 is 0 Å². The van der Waals surface area contributed by atoms with Crippen LogP contribution in [0, 0.1) is 0 Å². The number of hydrogen-bond donors (Lipinski definition) is 1. The molecule has 1 aliphatic rings. The molecular weight excluding hydrogens is 252 g/mol. The highest BCUT2D eigenvalue weighted by atomic mass is 16.5. The predicted molar refractivity (Wildman–Crippen MR) is 81.0 cm³/mol. The van der Waals surface area contributed by atoms with E-state index in [1.54, 1.807) is 7.11 Å². The van der Waals surface area contributed by atoms with Crippen LogP contribution in [0.2, 0.25) is 0 Å². The maximum absolute atomic E-state index is 12.8. The zero-order valence-electron chi connectivity index (χ0n) is 12.6. The van der Waals surface area contributed by atoms with Gasteiger partial charge in [-0.3, -0.25) is 4.79 Å². The molecule has 4 nitrogen and oxygen atoms in total. The number of para-hydroxylation sites is 1. The molecule has 2 atom stereocenters. The molecule has 20 heavy (non-hydrogen) atoms. The number of ether oxygens (including phenoxy) is 1. The largest absolute Gasteiger partial charge is 0.383 e. The molecule has 0 saturated carbocycles. The second-order valence-corrected chi connectivity index (χ2v) is 5.33. The molecule has 0 aromatic heterocycles. The van der Waals surface area contributed by atoms with Crippen LogP contribution in [0.1, 0.15) is 31.7 Å². The van der Waals surface area contributed by atoms with E-state index >= 15 is 0 Å². The molecule has 1 aromatic rings. The Balaban J connectivity index is 2.20. The number of anilines is 1. The molecule has 2 unspecified atom stereocenters. The lowest BCUT2D eigenvalue weighted by atomic mass is 9.86. The lowest BCUT2D eigenvalue weighted by Crippen LogP contribution is -2.40. The molecule has 1 aromatic carbocycles. The van der Waals surface area contributed by atoms with Crippen molar-refractivity contribution in [2.45, 2.75) is 32.2 Å². The summed E-state index contributed by atoms with van der Waals surface area (Å²) in [7, 11) is 1.67. The first-order valence-electron chi connectivity index (χ1n) is 7.30. The topological polar surface area (TPSA) is 41.6 Å². The number of hydrogen-bond acceptors (Lipinski definition) is 3. The van der Waals surface area contributed by atoms with Gasteiger partial charge >= 0.3 is 0 Å². The van der Waals surface area contributed by atoms with Crippen molar-refractivity contribution in [3.05, 3.63) is 29.8 Å². The third kappa shape index (κ3) is 3.12. The maximum Gasteiger partial charge on any atom is 0.230 e. The van der Waals surface area contributed by atoms with E-state index in [1.807, 2.05) is 24.0 Å². The SMILES string of the molecule is CCN(CCOC)C(=O)C1CC(C)Nc2ccccc21. The first-order chi connectivity index (χ1) is 9.67. The summed E-state index contributed by atoms with van der Waals surface area (Å²) in [4.78, 5) is 14.7. The number of rotatable bonds is 5. The highest BCUT2D eigenvalue weighted by Gasteiger charge is 2.31. The minimum Gasteiger partial charge on any atom is -0.383 e. The van der Waals surface area contributed by atoms with Crippen LogP contribution < -0.4 is 5.32 Å². The molecule has 0 radical (unpaired) electrons. The fourth-order valence-electron chi connectivity index (χ4n) is 2.82. The van der Waals surface area contributed by atoms with Gasteiger partial charge in [0.15, 0.2) is 0 Å². The van der Waals surface area contributed by atoms with Crippen LogP contribution in [-0.2, 0) is 9.53 Å². The molecule has 1 aliphatic heterocycles. The maximum atomic E-state index is 12.8. The van der Waals surface area contributed by atoms with Crippen LogP contribution >= 0.6 is 0 Å². The Kier molecular flexibility index (Phi) is 5.01. The van der Waals surface area contributed by atoms with Crippen molar-refractivity contribution in [1.82, 2.24) is 4.90 Å². The van der Waals surface area contributed by atoms with Gasteiger partial charge in [-0.25, -0.2) is 0 Å². The van der Waals surface area contributed by atoms with Gasteiger partial charge in [-0.1, -0.05) is 18.2 Å². The van der Waals surface area contributed by atoms with E-state index in [0.717, 1.165) is 24.2 Å². The summed E-state index contributed by atoms with van der Waals surface area (Å²) < 4.78 is 5.10. The van der Waals surface area contributed by atoms with Crippen LogP contribution in [0.25, 0.3) is 0 Å². The molecule has 0 saturated heterocycles. The van der Waals surface area contributed by atoms with Gasteiger partial charge in [0, 0.05) is 31.9 Å². The average molecular weight is 276 g/mol. The normalized spacial score (nSPS) is 20.9. The molecule has 110 valence electrons. The Morgan fingerprint density at radius 1 is 1.45 bits per heavy atom. The van der Waals surface area contributed by atoms with Gasteiger partial charge in [-0.15, -0.1) is 0 Å². The lowest BCUT2D eigenvalue weighted by molar-refractivity contribution is -0.133. The standard InChI is InChI=1S/C16H24N2O2/c1-4-18(9-10-20-3)16(19)14-11-12(2)17-15-8-6-5-7-13(14)15/h5-8,12,14,17H,4,9-11H2,1-3H3. The summed E-state index contributed by atoms with van der Waals surface area (Å²) in [5.74, 6) is 0.171. The van der Waals surface area contributed by atoms with Gasteiger partial charge in [0.1, 0.15) is 0 Å². The Morgan fingerprint density at radius 3 is 2.90 bits per heavy atom. The molecule has 1 N–H and O–H groups in total. The number of carbonyl (C=O) groups is 1. The van der Waals surface area contributed by atoms with Crippen molar-refractivity contribution in [2.75, 3.05) is 32.1 Å². The van der Waals surface area contributed by atoms with Gasteiger partial charge in [0.05, 0.1) is 12.5 Å². The third-order valence-corrected chi connectivity index (χ3v) is 3.88. The zero-order chi connectivity index (χ0) is 14.5. The minimum atomic E-state index is -0.0424. The monoisotopic (exact) mass is 276 g/mol. The fourth-order valence-corrected chi connectivity index (χ4v) is 2.82. The first kappa shape index (κ1) is 14.9. The third-order valence-electron chi connectivity index (χ3n) is 3.88. The molecule has 1 amide bonds. The second kappa shape index (κ2) is 6.75. The quantitative estimate of drug-likeness (QED) is 0.898. The Bertz CT molecular complexity index is 462. The first-order valence-corrected chi connectivity index (χ1v) is 7.30. The van der Waals surface area contributed by atoms with Crippen molar-refractivity contribution in [3.8, 4) is 0 Å². The number of benzene rings is 1. The molecule has 0 spiro atoms. The van der Waals surface area contributed by atoms with Gasteiger partial charge < -0.3 is 15.0 Å². The highest BCUT2D eigenvalue weighted by molar-refractivity contribution is 5.86. The van der Waals surface area contributed by atoms with E-state index in [1.165, 1.54) is 0 Å². The van der Waals surface area contributed by atoms with Gasteiger partial charge in [-0.2, -0.15) is 0 Å². The Hall–Kier alpha value is -1.55. The number of nitrogens with one attached hydrogen (secondary N) is 1. The highest BCUT2D eigenvalue weighted by Crippen LogP contribution is 2.35. The lowest BCUT2D eigenvalue weighted by Gasteiger charge is -2.33. The van der Waals surface area contributed by atoms with E-state index in [4.69, 9.17) is 4.74 Å². The molecule has 1 heterocycles. The van der Waals surface area contributed by atoms with Crippen LogP contribution in [0.4, 0.5) is 5.69 Å². The summed E-state index contributed by atoms with van der Waals surface area (Å²) in [6.45, 7) is 6.11. The molecule has 0 aliphatic carbocycles. The number of nitrogens with zero attached hydrogens (tertiary/aromatic N) is 1. The second-order valence-electron chi connectivity index (χ2n) is 5.33. The van der Waals surface area contributed by atoms with Crippen LogP contribution in [0.15, 0.2) is 24.3 Å². The molecular formula is C16H24N2O2. The predicted octanol–water partition coefficient (Wildman–Crippen LogP) is 2.47. The number of likely N-dealkylation sites (N-methyl/N-ethyl adjacent to an activating group) is 1. The molecule has 2 rings (SSSR count). The van der Waals surface area contributed by atoms with E-state index in [-0.39, 0.29) is 11.8 Å². The summed E-state index contributed by atoms with van der Waals surface area (Å²) in [6, 6.07) is 8.44. The number of fused-ring (bicyclic) bond motifs is 1. The van der Waals surface area contributed by atoms with Gasteiger partial charge in [-0.05, 0) is 31.9 Å². The van der Waals surface area contributed by atoms with E-state index in [9.17, 15) is 4.79 Å². The van der Waals surface area contributed by atoms with E-state index in [2.05, 4.69) is 24.4 Å². The van der Waals surface area contributed by atoms with Gasteiger partial charge in [0.25, 0.3) is 0 Å². The van der Waals surface area contributed by atoms with Crippen LogP contribution in [-0.4, -0.2) is 43.7 Å². The summed E-state index contributed by atoms with van der Waals surface area (Å²) in [5.41, 5.74) is 2.21. The fraction of sp³-hybridized carbons (Fsp3) is 0.562. The number of carbonyl (C=O) groups excluding carboxylic acids is 1. The van der Waals surface area contributed by atoms with Crippen LogP contribution in [0.3, 0.4) is 0 Å². The van der Waals surface area contributed by atoms with Crippen molar-refractivity contribution < 1.29 is 9.53 Å². The van der Waals surface area contributed by atoms with Crippen LogP contribution in [0.5, 0.6) is 0 Å². The van der Waals surface area contributed by atoms with E-state index in [0.29, 0.717) is 19.2 Å². The smallest absolute Gasteiger partial charge is 0.230 e. The number of methoxy groups -OCH3 is 1. The average Bonchev–Trinajstić information content (AvgIpc) is 2.46. The van der Waals surface area contributed by atoms with Crippen molar-refractivity contribution >= 4 is 11.6 Å². The summed E-state index contributed by atoms with van der Waals surface area (Å²) >= 11 is 0. The van der Waals surface area contributed by atoms with Gasteiger partial charge in [0.2, 0.25) is 5.91 Å². The molecule has 0 bridgehead atoms. The summed E-state index contributed by atoms with van der Waals surface area (Å²) in [5, 5.41) is 3.45. The minimum absolute atomic E-state index is 0.0424. The van der Waals surface area contributed by atoms with Crippen molar-refractivity contribution in [3.63, 3.8) is 0 Å². The van der Waals surface area contributed by atoms with Crippen molar-refractivity contribution in [1.29, 1.82) is 0 Å². The Labute approximate surface area is 121 Å². The molecule has 0 fully saturated rings. The zero-order valence-corrected chi connectivity index (χ0v) is 12.6. The summed E-state index contributed by atoms with van der Waals surface area (Å²) in [6.07, 6.45) is 0.847. The van der Waals surface area contributed by atoms with Crippen molar-refractivity contribution in [2.24, 2.45) is 0 Å². The molecule has 4 heteroatoms. The Morgan fingerprint density at radius 2 is 2.20 bits per heavy atom. The number of amides is 1.